The Hall–Kier alpha value is -1.75. The third-order valence-corrected chi connectivity index (χ3v) is 5.83. The van der Waals surface area contributed by atoms with E-state index in [4.69, 9.17) is 39.5 Å². The second-order valence-corrected chi connectivity index (χ2v) is 10.4. The van der Waals surface area contributed by atoms with Gasteiger partial charge in [0.1, 0.15) is 12.4 Å². The molecule has 2 aromatic rings. The second kappa shape index (κ2) is 11.2. The van der Waals surface area contributed by atoms with Crippen molar-refractivity contribution in [2.45, 2.75) is 54.4 Å². The van der Waals surface area contributed by atoms with Crippen molar-refractivity contribution >= 4 is 46.7 Å². The van der Waals surface area contributed by atoms with Crippen molar-refractivity contribution in [3.63, 3.8) is 0 Å². The molecule has 0 radical (unpaired) electrons. The van der Waals surface area contributed by atoms with Gasteiger partial charge in [0.2, 0.25) is 3.79 Å². The highest BCUT2D eigenvalue weighted by Gasteiger charge is 2.39. The number of benzene rings is 2. The lowest BCUT2D eigenvalue weighted by Gasteiger charge is -2.41. The van der Waals surface area contributed by atoms with Crippen molar-refractivity contribution in [3.8, 4) is 0 Å². The minimum Gasteiger partial charge on any atom is -0.445 e. The number of Topliss-reactive ketones (excluding diaryl/α,β-unsaturated/α-hetero) is 1. The second-order valence-electron chi connectivity index (χ2n) is 7.88. The van der Waals surface area contributed by atoms with Crippen LogP contribution < -0.4 is 0 Å². The summed E-state index contributed by atoms with van der Waals surface area (Å²) in [7, 11) is 0. The molecule has 1 fully saturated rings. The van der Waals surface area contributed by atoms with E-state index in [9.17, 15) is 9.59 Å². The number of halogens is 3. The summed E-state index contributed by atoms with van der Waals surface area (Å²) in [5, 5.41) is 0. The van der Waals surface area contributed by atoms with Crippen LogP contribution in [0.4, 0.5) is 4.79 Å². The molecule has 1 amide bonds. The lowest BCUT2D eigenvalue weighted by molar-refractivity contribution is -0.124. The van der Waals surface area contributed by atoms with Crippen LogP contribution in [0.1, 0.15) is 36.8 Å². The maximum atomic E-state index is 13.0. The smallest absolute Gasteiger partial charge is 0.410 e. The number of piperidine rings is 1. The van der Waals surface area contributed by atoms with E-state index < -0.39 is 9.89 Å². The summed E-state index contributed by atoms with van der Waals surface area (Å²) in [6.07, 6.45) is 2.96. The molecule has 166 valence electrons. The highest BCUT2D eigenvalue weighted by atomic mass is 35.6. The minimum absolute atomic E-state index is 0.168. The summed E-state index contributed by atoms with van der Waals surface area (Å²) >= 11 is 17.3. The van der Waals surface area contributed by atoms with Crippen molar-refractivity contribution in [2.75, 3.05) is 6.61 Å². The molecule has 1 aliphatic heterocycles. The molecular weight excluding hydrogens is 457 g/mol. The quantitative estimate of drug-likeness (QED) is 0.444. The zero-order chi connectivity index (χ0) is 22.3. The van der Waals surface area contributed by atoms with Gasteiger partial charge in [-0.2, -0.15) is 0 Å². The van der Waals surface area contributed by atoms with Gasteiger partial charge in [0, 0.05) is 24.9 Å². The van der Waals surface area contributed by atoms with Gasteiger partial charge in [-0.25, -0.2) is 4.79 Å². The highest BCUT2D eigenvalue weighted by molar-refractivity contribution is 6.67. The van der Waals surface area contributed by atoms with Crippen LogP contribution in [0.3, 0.4) is 0 Å². The van der Waals surface area contributed by atoms with Crippen LogP contribution in [-0.4, -0.2) is 39.3 Å². The number of carbonyl (C=O) groups is 2. The molecule has 1 saturated heterocycles. The fourth-order valence-corrected chi connectivity index (χ4v) is 4.22. The summed E-state index contributed by atoms with van der Waals surface area (Å²) in [5.41, 5.74) is 2.33. The van der Waals surface area contributed by atoms with Gasteiger partial charge in [-0.05, 0) is 36.8 Å². The number of hydrogen-bond donors (Lipinski definition) is 0. The van der Waals surface area contributed by atoms with Crippen LogP contribution in [0.5, 0.6) is 0 Å². The van der Waals surface area contributed by atoms with Crippen molar-refractivity contribution in [1.82, 2.24) is 4.90 Å². The summed E-state index contributed by atoms with van der Waals surface area (Å²) < 4.78 is 3.65. The molecule has 7 heteroatoms. The molecule has 0 bridgehead atoms. The number of ketones is 1. The first kappa shape index (κ1) is 23.9. The Kier molecular flexibility index (Phi) is 8.65. The third kappa shape index (κ3) is 7.71. The molecule has 1 aliphatic rings. The minimum atomic E-state index is -1.68. The molecule has 0 saturated carbocycles. The number of likely N-dealkylation sites (tertiary alicyclic amines) is 1. The monoisotopic (exact) mass is 481 g/mol. The van der Waals surface area contributed by atoms with E-state index in [1.54, 1.807) is 4.90 Å². The number of carbonyl (C=O) groups excluding carboxylic acids is 2. The van der Waals surface area contributed by atoms with Crippen molar-refractivity contribution < 1.29 is 14.3 Å². The molecule has 0 N–H and O–H groups in total. The number of nitrogens with zero attached hydrogens (tertiary/aromatic N) is 1. The van der Waals surface area contributed by atoms with Crippen molar-refractivity contribution in [3.05, 3.63) is 71.8 Å². The first-order valence-electron chi connectivity index (χ1n) is 10.4. The normalized spacial score (nSPS) is 19.3. The van der Waals surface area contributed by atoms with Crippen LogP contribution in [0, 0.1) is 0 Å². The Morgan fingerprint density at radius 2 is 1.32 bits per heavy atom. The molecule has 2 aromatic carbocycles. The summed E-state index contributed by atoms with van der Waals surface area (Å²) in [6.45, 7) is -0.336. The molecule has 31 heavy (non-hydrogen) atoms. The highest BCUT2D eigenvalue weighted by Crippen LogP contribution is 2.30. The number of hydrogen-bond acceptors (Lipinski definition) is 3. The molecule has 0 aliphatic carbocycles. The Labute approximate surface area is 198 Å². The van der Waals surface area contributed by atoms with Crippen LogP contribution in [0.2, 0.25) is 0 Å². The standard InChI is InChI=1S/C24H26Cl3NO3/c25-24(26,27)17-31-23(30)28-20(13-11-18-7-3-1-4-8-18)15-22(29)16-21(28)14-12-19-9-5-2-6-10-19/h1-10,20-21H,11-17H2/t20-,21-/m0/s1. The number of alkyl halides is 3. The fraction of sp³-hybridized carbons (Fsp3) is 0.417. The summed E-state index contributed by atoms with van der Waals surface area (Å²) in [5.74, 6) is 0.168. The topological polar surface area (TPSA) is 46.6 Å². The van der Waals surface area contributed by atoms with Gasteiger partial charge >= 0.3 is 6.09 Å². The molecule has 3 rings (SSSR count). The zero-order valence-electron chi connectivity index (χ0n) is 17.2. The van der Waals surface area contributed by atoms with Gasteiger partial charge in [-0.15, -0.1) is 0 Å². The number of amides is 1. The predicted octanol–water partition coefficient (Wildman–Crippen LogP) is 6.16. The van der Waals surface area contributed by atoms with Gasteiger partial charge < -0.3 is 9.64 Å². The van der Waals surface area contributed by atoms with Gasteiger partial charge in [0.05, 0.1) is 0 Å². The summed E-state index contributed by atoms with van der Waals surface area (Å²) in [6, 6.07) is 19.6. The van der Waals surface area contributed by atoms with E-state index in [2.05, 4.69) is 0 Å². The maximum absolute atomic E-state index is 13.0. The maximum Gasteiger partial charge on any atom is 0.410 e. The molecular formula is C24H26Cl3NO3. The lowest BCUT2D eigenvalue weighted by Crippen LogP contribution is -2.53. The lowest BCUT2D eigenvalue weighted by atomic mass is 9.88. The Morgan fingerprint density at radius 1 is 0.871 bits per heavy atom. The van der Waals surface area contributed by atoms with E-state index in [-0.39, 0.29) is 24.5 Å². The van der Waals surface area contributed by atoms with E-state index >= 15 is 0 Å². The molecule has 4 nitrogen and oxygen atoms in total. The van der Waals surface area contributed by atoms with Gasteiger partial charge in [-0.3, -0.25) is 4.79 Å². The van der Waals surface area contributed by atoms with E-state index in [1.165, 1.54) is 0 Å². The van der Waals surface area contributed by atoms with Gasteiger partial charge in [-0.1, -0.05) is 95.5 Å². The van der Waals surface area contributed by atoms with Crippen LogP contribution in [-0.2, 0) is 22.4 Å². The largest absolute Gasteiger partial charge is 0.445 e. The van der Waals surface area contributed by atoms with Gasteiger partial charge in [0.25, 0.3) is 0 Å². The summed E-state index contributed by atoms with van der Waals surface area (Å²) in [4.78, 5) is 27.3. The van der Waals surface area contributed by atoms with E-state index in [0.29, 0.717) is 25.7 Å². The van der Waals surface area contributed by atoms with Gasteiger partial charge in [0.15, 0.2) is 0 Å². The van der Waals surface area contributed by atoms with E-state index in [1.807, 2.05) is 60.7 Å². The number of ether oxygens (including phenoxy) is 1. The fourth-order valence-electron chi connectivity index (χ4n) is 4.06. The zero-order valence-corrected chi connectivity index (χ0v) is 19.5. The Bertz CT molecular complexity index is 800. The molecule has 0 unspecified atom stereocenters. The van der Waals surface area contributed by atoms with Crippen molar-refractivity contribution in [1.29, 1.82) is 0 Å². The first-order chi connectivity index (χ1) is 14.8. The Balaban J connectivity index is 1.74. The number of aryl methyl sites for hydroxylation is 2. The SMILES string of the molecule is O=C1C[C@H](CCc2ccccc2)N(C(=O)OCC(Cl)(Cl)Cl)[C@@H](CCc2ccccc2)C1. The average molecular weight is 483 g/mol. The average Bonchev–Trinajstić information content (AvgIpc) is 2.75. The molecule has 0 spiro atoms. The van der Waals surface area contributed by atoms with Crippen LogP contribution >= 0.6 is 34.8 Å². The molecule has 0 aromatic heterocycles. The number of rotatable bonds is 7. The Morgan fingerprint density at radius 3 is 1.74 bits per heavy atom. The molecule has 1 heterocycles. The van der Waals surface area contributed by atoms with Crippen LogP contribution in [0.15, 0.2) is 60.7 Å². The van der Waals surface area contributed by atoms with E-state index in [0.717, 1.165) is 24.0 Å². The van der Waals surface area contributed by atoms with Crippen molar-refractivity contribution in [2.24, 2.45) is 0 Å². The van der Waals surface area contributed by atoms with Crippen LogP contribution in [0.25, 0.3) is 0 Å². The molecule has 2 atom stereocenters. The predicted molar refractivity (Wildman–Crippen MR) is 125 cm³/mol. The first-order valence-corrected chi connectivity index (χ1v) is 11.6. The third-order valence-electron chi connectivity index (χ3n) is 5.50.